The molecular weight excluding hydrogens is 757 g/mol. The predicted molar refractivity (Wildman–Crippen MR) is 255 cm³/mol. The van der Waals surface area contributed by atoms with Crippen molar-refractivity contribution in [2.24, 2.45) is 0 Å². The number of anilines is 6. The molecule has 0 saturated heterocycles. The van der Waals surface area contributed by atoms with Crippen LogP contribution in [0, 0.1) is 22.7 Å². The lowest BCUT2D eigenvalue weighted by Gasteiger charge is -2.27. The number of hydrogen-bond donors (Lipinski definition) is 0. The van der Waals surface area contributed by atoms with Gasteiger partial charge in [0.25, 0.3) is 0 Å². The van der Waals surface area contributed by atoms with Crippen molar-refractivity contribution in [2.45, 2.75) is 0 Å². The molecule has 0 radical (unpaired) electrons. The first-order chi connectivity index (χ1) is 30.7. The summed E-state index contributed by atoms with van der Waals surface area (Å²) in [5, 5.41) is 30.0. The van der Waals surface area contributed by atoms with E-state index >= 15 is 0 Å². The van der Waals surface area contributed by atoms with Crippen LogP contribution in [0.1, 0.15) is 11.1 Å². The van der Waals surface area contributed by atoms with Gasteiger partial charge in [0.1, 0.15) is 12.1 Å². The summed E-state index contributed by atoms with van der Waals surface area (Å²) in [5.41, 5.74) is 13.8. The van der Waals surface area contributed by atoms with Crippen LogP contribution in [0.2, 0.25) is 0 Å². The number of nitriles is 2. The molecule has 0 aliphatic rings. The molecule has 0 N–H and O–H groups in total. The van der Waals surface area contributed by atoms with Crippen LogP contribution in [0.25, 0.3) is 76.2 Å². The van der Waals surface area contributed by atoms with Gasteiger partial charge in [-0.05, 0) is 84.9 Å². The van der Waals surface area contributed by atoms with E-state index in [4.69, 9.17) is 0 Å². The maximum atomic E-state index is 10.3. The zero-order valence-corrected chi connectivity index (χ0v) is 33.2. The van der Waals surface area contributed by atoms with Gasteiger partial charge in [0.2, 0.25) is 0 Å². The predicted octanol–water partition coefficient (Wildman–Crippen LogP) is 14.7. The third kappa shape index (κ3) is 4.50. The molecule has 13 aromatic rings. The van der Waals surface area contributed by atoms with Gasteiger partial charge in [-0.2, -0.15) is 10.5 Å². The van der Waals surface area contributed by atoms with Crippen LogP contribution in [0.15, 0.2) is 194 Å². The minimum atomic E-state index is 0.611. The molecular formula is C56H32N6. The van der Waals surface area contributed by atoms with Crippen molar-refractivity contribution in [2.75, 3.05) is 9.80 Å². The Labute approximate surface area is 355 Å². The second-order valence-electron chi connectivity index (χ2n) is 15.9. The fraction of sp³-hybridized carbons (Fsp3) is 0. The topological polar surface area (TPSA) is 62.9 Å². The van der Waals surface area contributed by atoms with Crippen LogP contribution < -0.4 is 9.80 Å². The zero-order valence-electron chi connectivity index (χ0n) is 33.2. The van der Waals surface area contributed by atoms with E-state index < -0.39 is 0 Å². The van der Waals surface area contributed by atoms with Gasteiger partial charge < -0.3 is 18.6 Å². The minimum Gasteiger partial charge on any atom is -0.308 e. The van der Waals surface area contributed by atoms with E-state index in [0.717, 1.165) is 88.8 Å². The van der Waals surface area contributed by atoms with E-state index in [9.17, 15) is 10.5 Å². The highest BCUT2D eigenvalue weighted by atomic mass is 15.2. The summed E-state index contributed by atoms with van der Waals surface area (Å²) >= 11 is 0. The highest BCUT2D eigenvalue weighted by Crippen LogP contribution is 2.51. The standard InChI is InChI=1S/C56H32N6/c57-33-35-15-7-11-23-45(35)59(37-17-3-1-4-18-37)49-29-27-39-43-31-52-44(32-51(43)61-47-25-13-9-21-41(47)53(49)55(39)61)40-28-30-50(54-42-22-10-14-26-48(42)62(52)56(40)54)60(38-19-5-2-6-20-38)46-24-12-8-16-36(46)34-58/h1-32H. The van der Waals surface area contributed by atoms with Crippen molar-refractivity contribution < 1.29 is 0 Å². The molecule has 0 fully saturated rings. The molecule has 0 bridgehead atoms. The monoisotopic (exact) mass is 788 g/mol. The molecule has 0 aliphatic carbocycles. The SMILES string of the molecule is N#Cc1ccccc1N(c1ccccc1)c1ccc2c3cc4c(cc3n3c5ccccc5c1c23)c1ccc(N(c2ccccc2)c2ccccc2C#N)c2c3ccccc3n4c12. The highest BCUT2D eigenvalue weighted by molar-refractivity contribution is 6.32. The summed E-state index contributed by atoms with van der Waals surface area (Å²) in [7, 11) is 0. The summed E-state index contributed by atoms with van der Waals surface area (Å²) in [4.78, 5) is 4.48. The molecule has 0 unspecified atom stereocenters. The fourth-order valence-corrected chi connectivity index (χ4v) is 10.3. The van der Waals surface area contributed by atoms with Gasteiger partial charge in [-0.15, -0.1) is 0 Å². The second kappa shape index (κ2) is 12.8. The largest absolute Gasteiger partial charge is 0.308 e. The van der Waals surface area contributed by atoms with Gasteiger partial charge in [0, 0.05) is 54.5 Å². The number of para-hydroxylation sites is 6. The molecule has 0 amide bonds. The highest BCUT2D eigenvalue weighted by Gasteiger charge is 2.28. The van der Waals surface area contributed by atoms with Crippen LogP contribution in [0.3, 0.4) is 0 Å². The molecule has 4 aromatic heterocycles. The second-order valence-corrected chi connectivity index (χ2v) is 15.9. The van der Waals surface area contributed by atoms with Gasteiger partial charge >= 0.3 is 0 Å². The van der Waals surface area contributed by atoms with E-state index in [0.29, 0.717) is 11.1 Å². The molecule has 0 spiro atoms. The fourth-order valence-electron chi connectivity index (χ4n) is 10.3. The molecule has 9 aromatic carbocycles. The lowest BCUT2D eigenvalue weighted by atomic mass is 10.0. The molecule has 6 heteroatoms. The van der Waals surface area contributed by atoms with Crippen LogP contribution in [-0.2, 0) is 0 Å². The summed E-state index contributed by atoms with van der Waals surface area (Å²) < 4.78 is 4.90. The molecule has 6 nitrogen and oxygen atoms in total. The summed E-state index contributed by atoms with van der Waals surface area (Å²) in [6.07, 6.45) is 0. The van der Waals surface area contributed by atoms with Crippen LogP contribution >= 0.6 is 0 Å². The van der Waals surface area contributed by atoms with Crippen LogP contribution in [0.5, 0.6) is 0 Å². The van der Waals surface area contributed by atoms with Crippen molar-refractivity contribution >= 4 is 110 Å². The first-order valence-corrected chi connectivity index (χ1v) is 20.7. The molecule has 0 atom stereocenters. The molecule has 0 saturated carbocycles. The number of rotatable bonds is 6. The Morgan fingerprint density at radius 3 is 1.15 bits per heavy atom. The lowest BCUT2D eigenvalue weighted by molar-refractivity contribution is 1.28. The van der Waals surface area contributed by atoms with Crippen LogP contribution in [-0.4, -0.2) is 8.80 Å². The normalized spacial score (nSPS) is 11.8. The van der Waals surface area contributed by atoms with Gasteiger partial charge in [-0.1, -0.05) is 109 Å². The molecule has 286 valence electrons. The van der Waals surface area contributed by atoms with Crippen molar-refractivity contribution in [1.82, 2.24) is 8.80 Å². The maximum absolute atomic E-state index is 10.3. The van der Waals surface area contributed by atoms with Gasteiger partial charge in [0.05, 0.1) is 67.0 Å². The number of benzene rings is 9. The van der Waals surface area contributed by atoms with E-state index in [1.165, 1.54) is 21.5 Å². The van der Waals surface area contributed by atoms with Crippen molar-refractivity contribution in [3.63, 3.8) is 0 Å². The van der Waals surface area contributed by atoms with E-state index in [-0.39, 0.29) is 0 Å². The Kier molecular flexibility index (Phi) is 7.05. The van der Waals surface area contributed by atoms with Gasteiger partial charge in [-0.25, -0.2) is 0 Å². The first kappa shape index (κ1) is 34.1. The average Bonchev–Trinajstić information content (AvgIpc) is 4.06. The first-order valence-electron chi connectivity index (χ1n) is 20.7. The Bertz CT molecular complexity index is 3750. The number of nitrogens with zero attached hydrogens (tertiary/aromatic N) is 6. The quantitative estimate of drug-likeness (QED) is 0.168. The average molecular weight is 789 g/mol. The van der Waals surface area contributed by atoms with E-state index in [2.05, 4.69) is 164 Å². The van der Waals surface area contributed by atoms with Crippen molar-refractivity contribution in [3.8, 4) is 12.1 Å². The summed E-state index contributed by atoms with van der Waals surface area (Å²) in [5.74, 6) is 0. The van der Waals surface area contributed by atoms with Crippen LogP contribution in [0.4, 0.5) is 34.1 Å². The molecule has 4 heterocycles. The lowest BCUT2D eigenvalue weighted by Crippen LogP contribution is -2.11. The number of aromatic nitrogens is 2. The Morgan fingerprint density at radius 2 is 0.710 bits per heavy atom. The third-order valence-electron chi connectivity index (χ3n) is 12.8. The zero-order chi connectivity index (χ0) is 41.1. The summed E-state index contributed by atoms with van der Waals surface area (Å²) in [6, 6.07) is 72.5. The maximum Gasteiger partial charge on any atom is 0.101 e. The Balaban J connectivity index is 1.14. The van der Waals surface area contributed by atoms with Gasteiger partial charge in [0.15, 0.2) is 0 Å². The number of fused-ring (bicyclic) bond motifs is 12. The van der Waals surface area contributed by atoms with E-state index in [1.807, 2.05) is 60.7 Å². The Hall–Kier alpha value is -8.84. The van der Waals surface area contributed by atoms with Gasteiger partial charge in [-0.3, -0.25) is 0 Å². The molecule has 13 rings (SSSR count). The third-order valence-corrected chi connectivity index (χ3v) is 12.8. The van der Waals surface area contributed by atoms with E-state index in [1.54, 1.807) is 0 Å². The number of hydrogen-bond acceptors (Lipinski definition) is 4. The minimum absolute atomic E-state index is 0.611. The summed E-state index contributed by atoms with van der Waals surface area (Å²) in [6.45, 7) is 0. The van der Waals surface area contributed by atoms with Crippen molar-refractivity contribution in [1.29, 1.82) is 10.5 Å². The molecule has 0 aliphatic heterocycles. The smallest absolute Gasteiger partial charge is 0.101 e. The molecule has 62 heavy (non-hydrogen) atoms. The Morgan fingerprint density at radius 1 is 0.323 bits per heavy atom. The van der Waals surface area contributed by atoms with Crippen molar-refractivity contribution in [3.05, 3.63) is 205 Å².